The zero-order valence-corrected chi connectivity index (χ0v) is 35.3. The van der Waals surface area contributed by atoms with Gasteiger partial charge in [-0.25, -0.2) is 0 Å². The molecule has 2 saturated heterocycles. The fraction of sp³-hybridized carbons (Fsp3) is 0.955. The van der Waals surface area contributed by atoms with E-state index in [1.807, 2.05) is 0 Å². The second-order valence-corrected chi connectivity index (χ2v) is 18.5. The molecule has 2 fully saturated rings. The number of aliphatic carboxylic acids is 2. The maximum Gasteiger partial charge on any atom is 0.310 e. The molecule has 0 aliphatic carbocycles. The number of carboxylic acid groups (broad SMARTS) is 2. The summed E-state index contributed by atoms with van der Waals surface area (Å²) in [6, 6.07) is 0. The quantitative estimate of drug-likeness (QED) is 0.0732. The van der Waals surface area contributed by atoms with Gasteiger partial charge in [0.1, 0.15) is 0 Å². The maximum atomic E-state index is 14.1. The Balaban J connectivity index is 2.21. The number of hydrogen-bond donors (Lipinski definition) is 2. The van der Waals surface area contributed by atoms with Crippen molar-refractivity contribution in [1.29, 1.82) is 0 Å². The molecule has 0 amide bonds. The van der Waals surface area contributed by atoms with Crippen LogP contribution >= 0.6 is 0 Å². The van der Waals surface area contributed by atoms with Crippen molar-refractivity contribution in [3.05, 3.63) is 0 Å². The summed E-state index contributed by atoms with van der Waals surface area (Å²) in [7, 11) is 0. The van der Waals surface area contributed by atoms with Crippen molar-refractivity contribution >= 4 is 11.9 Å². The summed E-state index contributed by atoms with van der Waals surface area (Å²) in [6.07, 6.45) is 23.3. The number of rotatable bonds is 29. The minimum absolute atomic E-state index is 0.0793. The van der Waals surface area contributed by atoms with Crippen molar-refractivity contribution in [2.75, 3.05) is 26.3 Å². The van der Waals surface area contributed by atoms with Crippen LogP contribution in [0.5, 0.6) is 0 Å². The van der Waals surface area contributed by atoms with E-state index in [0.29, 0.717) is 26.1 Å². The van der Waals surface area contributed by atoms with Crippen molar-refractivity contribution in [2.24, 2.45) is 29.1 Å². The van der Waals surface area contributed by atoms with Crippen LogP contribution in [0.1, 0.15) is 203 Å². The molecule has 8 heteroatoms. The molecule has 0 saturated carbocycles. The van der Waals surface area contributed by atoms with Crippen molar-refractivity contribution < 1.29 is 29.5 Å². The predicted molar refractivity (Wildman–Crippen MR) is 214 cm³/mol. The van der Waals surface area contributed by atoms with Gasteiger partial charge in [-0.3, -0.25) is 19.3 Å². The zero-order valence-electron chi connectivity index (χ0n) is 35.3. The van der Waals surface area contributed by atoms with Crippen LogP contribution in [0.25, 0.3) is 0 Å². The first-order chi connectivity index (χ1) is 24.7. The molecule has 2 aliphatic rings. The highest BCUT2D eigenvalue weighted by Gasteiger charge is 2.62. The van der Waals surface area contributed by atoms with Crippen LogP contribution in [0.2, 0.25) is 0 Å². The Hall–Kier alpha value is -1.22. The van der Waals surface area contributed by atoms with Crippen LogP contribution < -0.4 is 0 Å². The standard InChI is InChI=1S/C44H84N2O6/c1-36(2)26-18-12-10-16-22-34-51-45-32-24-28-38(42(45,5)6)44(41(49)50,31-21-15-9-14-20-30-40(47)48)39-29-25-33-46(43(39,7)8)52-35-23-17-11-13-19-27-37(3)4/h36-39H,9-35H2,1-8H3,(H,47,48)(H,49,50). The molecule has 0 radical (unpaired) electrons. The van der Waals surface area contributed by atoms with Crippen molar-refractivity contribution in [3.63, 3.8) is 0 Å². The van der Waals surface area contributed by atoms with E-state index in [0.717, 1.165) is 89.1 Å². The number of nitrogens with zero attached hydrogens (tertiary/aromatic N) is 2. The zero-order chi connectivity index (χ0) is 38.6. The average Bonchev–Trinajstić information content (AvgIpc) is 3.06. The Bertz CT molecular complexity index is 928. The summed E-state index contributed by atoms with van der Waals surface area (Å²) < 4.78 is 0. The fourth-order valence-corrected chi connectivity index (χ4v) is 9.69. The molecule has 2 rings (SSSR count). The minimum Gasteiger partial charge on any atom is -0.481 e. The van der Waals surface area contributed by atoms with Gasteiger partial charge >= 0.3 is 11.9 Å². The highest BCUT2D eigenvalue weighted by molar-refractivity contribution is 5.76. The fourth-order valence-electron chi connectivity index (χ4n) is 9.69. The SMILES string of the molecule is CC(C)CCCCCCCON1CCCC(C(CCCCCCCC(=O)O)(C(=O)O)C2CCCN(OCCCCCCCC(C)C)C2(C)C)C1(C)C. The van der Waals surface area contributed by atoms with E-state index >= 15 is 0 Å². The van der Waals surface area contributed by atoms with Crippen LogP contribution in [0.4, 0.5) is 0 Å². The molecule has 2 N–H and O–H groups in total. The van der Waals surface area contributed by atoms with Gasteiger partial charge in [0.25, 0.3) is 0 Å². The Morgan fingerprint density at radius 1 is 0.615 bits per heavy atom. The van der Waals surface area contributed by atoms with Gasteiger partial charge in [0.2, 0.25) is 0 Å². The lowest BCUT2D eigenvalue weighted by molar-refractivity contribution is -0.283. The molecule has 0 spiro atoms. The number of hydrogen-bond acceptors (Lipinski definition) is 6. The molecular weight excluding hydrogens is 652 g/mol. The molecule has 0 bridgehead atoms. The Morgan fingerprint density at radius 3 is 1.40 bits per heavy atom. The molecular formula is C44H84N2O6. The smallest absolute Gasteiger partial charge is 0.310 e. The van der Waals surface area contributed by atoms with Crippen molar-refractivity contribution in [2.45, 2.75) is 214 Å². The van der Waals surface area contributed by atoms with Gasteiger partial charge in [-0.15, -0.1) is 0 Å². The first-order valence-corrected chi connectivity index (χ1v) is 21.9. The van der Waals surface area contributed by atoms with Crippen LogP contribution in [0, 0.1) is 29.1 Å². The molecule has 0 aromatic rings. The van der Waals surface area contributed by atoms with Gasteiger partial charge in [-0.05, 0) is 103 Å². The largest absolute Gasteiger partial charge is 0.481 e. The highest BCUT2D eigenvalue weighted by atomic mass is 16.7. The van der Waals surface area contributed by atoms with E-state index < -0.39 is 28.4 Å². The number of unbranched alkanes of at least 4 members (excludes halogenated alkanes) is 12. The molecule has 0 aromatic carbocycles. The lowest BCUT2D eigenvalue weighted by atomic mass is 9.51. The maximum absolute atomic E-state index is 14.1. The van der Waals surface area contributed by atoms with Crippen LogP contribution in [0.3, 0.4) is 0 Å². The van der Waals surface area contributed by atoms with Gasteiger partial charge in [0, 0.05) is 30.6 Å². The summed E-state index contributed by atoms with van der Waals surface area (Å²) in [6.45, 7) is 21.1. The molecule has 306 valence electrons. The highest BCUT2D eigenvalue weighted by Crippen LogP contribution is 2.57. The number of carboxylic acids is 2. The van der Waals surface area contributed by atoms with Gasteiger partial charge < -0.3 is 10.2 Å². The Labute approximate surface area is 320 Å². The summed E-state index contributed by atoms with van der Waals surface area (Å²) >= 11 is 0. The third kappa shape index (κ3) is 15.1. The van der Waals surface area contributed by atoms with E-state index in [9.17, 15) is 14.7 Å². The van der Waals surface area contributed by atoms with Crippen LogP contribution in [-0.4, -0.2) is 69.7 Å². The van der Waals surface area contributed by atoms with Crippen molar-refractivity contribution in [3.8, 4) is 0 Å². The topological polar surface area (TPSA) is 99.5 Å². The Kier molecular flexibility index (Phi) is 22.0. The van der Waals surface area contributed by atoms with E-state index in [1.165, 1.54) is 64.2 Å². The molecule has 2 heterocycles. The van der Waals surface area contributed by atoms with Gasteiger partial charge in [-0.1, -0.05) is 118 Å². The average molecular weight is 737 g/mol. The number of carbonyl (C=O) groups is 2. The second-order valence-electron chi connectivity index (χ2n) is 18.5. The van der Waals surface area contributed by atoms with Crippen LogP contribution in [0.15, 0.2) is 0 Å². The molecule has 8 nitrogen and oxygen atoms in total. The summed E-state index contributed by atoms with van der Waals surface area (Å²) in [4.78, 5) is 38.3. The monoisotopic (exact) mass is 737 g/mol. The lowest BCUT2D eigenvalue weighted by Crippen LogP contribution is -2.67. The molecule has 2 atom stereocenters. The van der Waals surface area contributed by atoms with E-state index in [4.69, 9.17) is 14.8 Å². The third-order valence-electron chi connectivity index (χ3n) is 12.7. The predicted octanol–water partition coefficient (Wildman–Crippen LogP) is 11.7. The minimum atomic E-state index is -0.940. The summed E-state index contributed by atoms with van der Waals surface area (Å²) in [5, 5.41) is 25.0. The first kappa shape index (κ1) is 46.9. The number of hydroxylamine groups is 4. The van der Waals surface area contributed by atoms with Crippen molar-refractivity contribution in [1.82, 2.24) is 10.1 Å². The normalized spacial score (nSPS) is 22.2. The van der Waals surface area contributed by atoms with E-state index in [-0.39, 0.29) is 18.3 Å². The lowest BCUT2D eigenvalue weighted by Gasteiger charge is -2.60. The summed E-state index contributed by atoms with van der Waals surface area (Å²) in [5.41, 5.74) is -1.82. The molecule has 2 unspecified atom stereocenters. The summed E-state index contributed by atoms with van der Waals surface area (Å²) in [5.74, 6) is -0.0259. The van der Waals surface area contributed by atoms with E-state index in [2.05, 4.69) is 65.5 Å². The number of piperidine rings is 2. The van der Waals surface area contributed by atoms with E-state index in [1.54, 1.807) is 0 Å². The third-order valence-corrected chi connectivity index (χ3v) is 12.7. The van der Waals surface area contributed by atoms with Crippen LogP contribution in [-0.2, 0) is 19.3 Å². The molecule has 0 aromatic heterocycles. The van der Waals surface area contributed by atoms with Gasteiger partial charge in [0.15, 0.2) is 0 Å². The Morgan fingerprint density at radius 2 is 1.00 bits per heavy atom. The van der Waals surface area contributed by atoms with Gasteiger partial charge in [-0.2, -0.15) is 10.1 Å². The first-order valence-electron chi connectivity index (χ1n) is 21.9. The molecule has 52 heavy (non-hydrogen) atoms. The van der Waals surface area contributed by atoms with Gasteiger partial charge in [0.05, 0.1) is 18.6 Å². The molecule has 2 aliphatic heterocycles. The second kappa shape index (κ2) is 24.3.